The number of hydrogen-bond donors (Lipinski definition) is 0. The minimum Gasteiger partial charge on any atom is -0.300 e. The molecule has 15 heavy (non-hydrogen) atoms. The van der Waals surface area contributed by atoms with Crippen LogP contribution in [0.2, 0.25) is 0 Å². The van der Waals surface area contributed by atoms with E-state index in [9.17, 15) is 9.59 Å². The van der Waals surface area contributed by atoms with Crippen molar-refractivity contribution in [2.75, 3.05) is 0 Å². The van der Waals surface area contributed by atoms with E-state index in [1.807, 2.05) is 20.8 Å². The molecule has 0 unspecified atom stereocenters. The molecule has 0 aromatic carbocycles. The Morgan fingerprint density at radius 2 is 1.13 bits per heavy atom. The van der Waals surface area contributed by atoms with Crippen LogP contribution >= 0.6 is 0 Å². The van der Waals surface area contributed by atoms with Gasteiger partial charge in [0, 0.05) is 11.8 Å². The molecule has 0 aliphatic carbocycles. The van der Waals surface area contributed by atoms with Gasteiger partial charge in [0.25, 0.3) is 0 Å². The van der Waals surface area contributed by atoms with Gasteiger partial charge in [-0.2, -0.15) is 0 Å². The van der Waals surface area contributed by atoms with Crippen molar-refractivity contribution in [2.24, 2.45) is 10.8 Å². The van der Waals surface area contributed by atoms with Crippen molar-refractivity contribution in [1.82, 2.24) is 0 Å². The van der Waals surface area contributed by atoms with Crippen molar-refractivity contribution >= 4 is 11.6 Å². The fourth-order valence-electron chi connectivity index (χ4n) is 0.747. The molecule has 2 heteroatoms. The van der Waals surface area contributed by atoms with Gasteiger partial charge in [-0.3, -0.25) is 4.79 Å². The van der Waals surface area contributed by atoms with Crippen LogP contribution in [-0.2, 0) is 9.59 Å². The van der Waals surface area contributed by atoms with Crippen LogP contribution in [0.4, 0.5) is 0 Å². The molecular weight excluding hydrogens is 188 g/mol. The molecule has 0 aliphatic rings. The second kappa shape index (κ2) is 6.04. The van der Waals surface area contributed by atoms with Crippen LogP contribution in [0.5, 0.6) is 0 Å². The second-order valence-electron chi connectivity index (χ2n) is 6.25. The Labute approximate surface area is 94.4 Å². The Morgan fingerprint density at radius 3 is 1.13 bits per heavy atom. The van der Waals surface area contributed by atoms with E-state index in [0.717, 1.165) is 0 Å². The highest BCUT2D eigenvalue weighted by atomic mass is 16.1. The molecule has 90 valence electrons. The molecule has 0 saturated heterocycles. The summed E-state index contributed by atoms with van der Waals surface area (Å²) in [7, 11) is 0. The number of hydrogen-bond acceptors (Lipinski definition) is 2. The molecule has 0 fully saturated rings. The number of rotatable bonds is 1. The van der Waals surface area contributed by atoms with Gasteiger partial charge in [0.05, 0.1) is 0 Å². The molecule has 0 saturated carbocycles. The molecule has 0 radical (unpaired) electrons. The smallest absolute Gasteiger partial charge is 0.135 e. The average Bonchev–Trinajstić information content (AvgIpc) is 1.78. The molecular formula is C13H26O2. The van der Waals surface area contributed by atoms with E-state index in [2.05, 4.69) is 20.8 Å². The summed E-state index contributed by atoms with van der Waals surface area (Å²) in [5, 5.41) is 0. The van der Waals surface area contributed by atoms with Crippen molar-refractivity contribution in [3.05, 3.63) is 0 Å². The Hall–Kier alpha value is -0.660. The lowest BCUT2D eigenvalue weighted by Crippen LogP contribution is -2.15. The first kappa shape index (κ1) is 16.8. The van der Waals surface area contributed by atoms with Crippen LogP contribution in [0.3, 0.4) is 0 Å². The predicted molar refractivity (Wildman–Crippen MR) is 64.9 cm³/mol. The maximum Gasteiger partial charge on any atom is 0.135 e. The summed E-state index contributed by atoms with van der Waals surface area (Å²) >= 11 is 0. The van der Waals surface area contributed by atoms with Crippen molar-refractivity contribution in [1.29, 1.82) is 0 Å². The number of carbonyl (C=O) groups excluding carboxylic acids is 2. The minimum atomic E-state index is -0.139. The third-order valence-corrected chi connectivity index (χ3v) is 1.84. The van der Waals surface area contributed by atoms with E-state index in [4.69, 9.17) is 0 Å². The van der Waals surface area contributed by atoms with E-state index in [1.165, 1.54) is 0 Å². The highest BCUT2D eigenvalue weighted by Crippen LogP contribution is 2.17. The van der Waals surface area contributed by atoms with E-state index >= 15 is 0 Å². The normalized spacial score (nSPS) is 11.5. The van der Waals surface area contributed by atoms with Crippen LogP contribution < -0.4 is 0 Å². The van der Waals surface area contributed by atoms with Crippen LogP contribution in [0.25, 0.3) is 0 Å². The Kier molecular flexibility index (Phi) is 6.75. The number of carbonyl (C=O) groups is 2. The van der Waals surface area contributed by atoms with Crippen LogP contribution in [0, 0.1) is 10.8 Å². The largest absolute Gasteiger partial charge is 0.300 e. The van der Waals surface area contributed by atoms with E-state index in [1.54, 1.807) is 13.8 Å². The lowest BCUT2D eigenvalue weighted by molar-refractivity contribution is -0.124. The topological polar surface area (TPSA) is 34.1 Å². The first-order valence-electron chi connectivity index (χ1n) is 5.37. The zero-order chi connectivity index (χ0) is 12.9. The summed E-state index contributed by atoms with van der Waals surface area (Å²) in [4.78, 5) is 20.9. The van der Waals surface area contributed by atoms with Crippen molar-refractivity contribution < 1.29 is 9.59 Å². The highest BCUT2D eigenvalue weighted by molar-refractivity contribution is 5.80. The number of Topliss-reactive ketones (excluding diaryl/α,β-unsaturated/α-hetero) is 2. The minimum absolute atomic E-state index is 0.139. The third-order valence-electron chi connectivity index (χ3n) is 1.84. The summed E-state index contributed by atoms with van der Waals surface area (Å²) < 4.78 is 0. The maximum atomic E-state index is 10.5. The molecule has 0 rings (SSSR count). The SMILES string of the molecule is CC(=O)C(C)(C)C.CC(=O)CC(C)(C)C. The van der Waals surface area contributed by atoms with Gasteiger partial charge in [0.2, 0.25) is 0 Å². The van der Waals surface area contributed by atoms with Gasteiger partial charge in [-0.05, 0) is 19.3 Å². The fraction of sp³-hybridized carbons (Fsp3) is 0.846. The maximum absolute atomic E-state index is 10.5. The van der Waals surface area contributed by atoms with Gasteiger partial charge in [0.15, 0.2) is 0 Å². The summed E-state index contributed by atoms with van der Waals surface area (Å²) in [6, 6.07) is 0. The average molecular weight is 214 g/mol. The lowest BCUT2D eigenvalue weighted by atomic mass is 9.91. The highest BCUT2D eigenvalue weighted by Gasteiger charge is 2.14. The standard InChI is InChI=1S/C7H14O.C6H12O/c1-6(8)5-7(2,3)4;1-5(7)6(2,3)4/h5H2,1-4H3;1-4H3. The first-order chi connectivity index (χ1) is 6.36. The molecule has 0 atom stereocenters. The first-order valence-corrected chi connectivity index (χ1v) is 5.37. The molecule has 0 spiro atoms. The molecule has 0 heterocycles. The zero-order valence-corrected chi connectivity index (χ0v) is 11.5. The molecule has 0 aliphatic heterocycles. The van der Waals surface area contributed by atoms with Crippen LogP contribution in [0.1, 0.15) is 61.8 Å². The number of ketones is 2. The van der Waals surface area contributed by atoms with Crippen molar-refractivity contribution in [3.8, 4) is 0 Å². The molecule has 0 amide bonds. The Morgan fingerprint density at radius 1 is 0.867 bits per heavy atom. The zero-order valence-electron chi connectivity index (χ0n) is 11.5. The van der Waals surface area contributed by atoms with Crippen LogP contribution in [0.15, 0.2) is 0 Å². The summed E-state index contributed by atoms with van der Waals surface area (Å²) in [6.45, 7) is 15.2. The van der Waals surface area contributed by atoms with E-state index < -0.39 is 0 Å². The predicted octanol–water partition coefficient (Wildman–Crippen LogP) is 3.63. The fourth-order valence-corrected chi connectivity index (χ4v) is 0.747. The third kappa shape index (κ3) is 16.0. The second-order valence-corrected chi connectivity index (χ2v) is 6.25. The van der Waals surface area contributed by atoms with Gasteiger partial charge in [0.1, 0.15) is 11.6 Å². The van der Waals surface area contributed by atoms with Crippen molar-refractivity contribution in [2.45, 2.75) is 61.8 Å². The summed E-state index contributed by atoms with van der Waals surface area (Å²) in [5.41, 5.74) is 0.0336. The molecule has 0 aromatic rings. The quantitative estimate of drug-likeness (QED) is 0.668. The lowest BCUT2D eigenvalue weighted by Gasteiger charge is -2.14. The molecule has 0 aromatic heterocycles. The monoisotopic (exact) mass is 214 g/mol. The Balaban J connectivity index is 0. The Bertz CT molecular complexity index is 214. The summed E-state index contributed by atoms with van der Waals surface area (Å²) in [6.07, 6.45) is 0.687. The molecule has 0 N–H and O–H groups in total. The molecule has 0 bridgehead atoms. The van der Waals surface area contributed by atoms with E-state index in [-0.39, 0.29) is 22.4 Å². The van der Waals surface area contributed by atoms with E-state index in [0.29, 0.717) is 6.42 Å². The van der Waals surface area contributed by atoms with Gasteiger partial charge < -0.3 is 4.79 Å². The van der Waals surface area contributed by atoms with Gasteiger partial charge in [-0.15, -0.1) is 0 Å². The van der Waals surface area contributed by atoms with Gasteiger partial charge in [-0.1, -0.05) is 41.5 Å². The summed E-state index contributed by atoms with van der Waals surface area (Å²) in [5.74, 6) is 0.519. The van der Waals surface area contributed by atoms with Gasteiger partial charge >= 0.3 is 0 Å². The molecule has 2 nitrogen and oxygen atoms in total. The van der Waals surface area contributed by atoms with Crippen LogP contribution in [-0.4, -0.2) is 11.6 Å². The van der Waals surface area contributed by atoms with Crippen molar-refractivity contribution in [3.63, 3.8) is 0 Å². The van der Waals surface area contributed by atoms with Gasteiger partial charge in [-0.25, -0.2) is 0 Å².